The third-order valence-electron chi connectivity index (χ3n) is 8.09. The van der Waals surface area contributed by atoms with Crippen LogP contribution in [0.4, 0.5) is 0 Å². The summed E-state index contributed by atoms with van der Waals surface area (Å²) in [5.74, 6) is 0. The van der Waals surface area contributed by atoms with Crippen LogP contribution >= 0.6 is 11.3 Å². The highest BCUT2D eigenvalue weighted by Crippen LogP contribution is 2.48. The second-order valence-electron chi connectivity index (χ2n) is 13.5. The maximum atomic E-state index is 2.59. The maximum Gasteiger partial charge on any atom is 0.105 e. The van der Waals surface area contributed by atoms with Gasteiger partial charge in [-0.2, -0.15) is 0 Å². The van der Waals surface area contributed by atoms with E-state index in [1.54, 1.807) is 21.5 Å². The van der Waals surface area contributed by atoms with E-state index in [4.69, 9.17) is 0 Å². The molecule has 2 aliphatic heterocycles. The fourth-order valence-corrected chi connectivity index (χ4v) is 31.9. The summed E-state index contributed by atoms with van der Waals surface area (Å²) < 4.78 is 0. The maximum absolute atomic E-state index is 2.59. The Labute approximate surface area is 220 Å². The van der Waals surface area contributed by atoms with Crippen LogP contribution in [0.15, 0.2) is 70.3 Å². The number of hydrogen-bond acceptors (Lipinski definition) is 1. The molecule has 0 nitrogen and oxygen atoms in total. The number of hydrogen-bond donors (Lipinski definition) is 0. The molecule has 5 heteroatoms. The molecule has 182 valence electrons. The van der Waals surface area contributed by atoms with Gasteiger partial charge >= 0.3 is 0 Å². The summed E-state index contributed by atoms with van der Waals surface area (Å²) in [6.45, 7) is 25.7. The van der Waals surface area contributed by atoms with Crippen LogP contribution in [0.1, 0.15) is 20.9 Å². The zero-order chi connectivity index (χ0) is 25.6. The topological polar surface area (TPSA) is 0 Å². The van der Waals surface area contributed by atoms with Gasteiger partial charge in [0.05, 0.1) is 16.1 Å². The molecule has 0 saturated carbocycles. The van der Waals surface area contributed by atoms with Gasteiger partial charge in [0.15, 0.2) is 0 Å². The molecule has 0 aliphatic carbocycles. The van der Waals surface area contributed by atoms with Crippen molar-refractivity contribution in [3.63, 3.8) is 0 Å². The summed E-state index contributed by atoms with van der Waals surface area (Å²) in [5.41, 5.74) is 6.25. The lowest BCUT2D eigenvalue weighted by Gasteiger charge is -2.31. The van der Waals surface area contributed by atoms with E-state index in [0.717, 1.165) is 0 Å². The standard InChI is InChI=1S/C30H40SSi4/c1-32(2,3)29-27(21-15-11-13-17-25(21)34(29,7)8)23-19-20-24(31-23)28-22-16-12-14-18-26(22)35(9,10)30(28)33(4,5)6/h11-20H,1-10H3. The zero-order valence-corrected chi connectivity index (χ0v) is 28.0. The summed E-state index contributed by atoms with van der Waals surface area (Å²) in [6, 6.07) is 23.6. The van der Waals surface area contributed by atoms with Gasteiger partial charge in [0.1, 0.15) is 16.1 Å². The first-order valence-corrected chi connectivity index (χ1v) is 26.8. The minimum Gasteiger partial charge on any atom is -0.135 e. The highest BCUT2D eigenvalue weighted by atomic mass is 32.1. The summed E-state index contributed by atoms with van der Waals surface area (Å²) in [6.07, 6.45) is 0. The van der Waals surface area contributed by atoms with E-state index in [1.807, 2.05) is 9.64 Å². The molecule has 2 aromatic carbocycles. The zero-order valence-electron chi connectivity index (χ0n) is 23.2. The lowest BCUT2D eigenvalue weighted by molar-refractivity contribution is 1.65. The summed E-state index contributed by atoms with van der Waals surface area (Å²) in [7, 11) is -6.34. The Morgan fingerprint density at radius 2 is 0.857 bits per heavy atom. The van der Waals surface area contributed by atoms with Gasteiger partial charge in [0, 0.05) is 9.75 Å². The third kappa shape index (κ3) is 3.77. The molecule has 0 unspecified atom stereocenters. The molecule has 0 atom stereocenters. The first-order chi connectivity index (χ1) is 16.2. The average Bonchev–Trinajstić information content (AvgIpc) is 3.38. The lowest BCUT2D eigenvalue weighted by atomic mass is 10.1. The van der Waals surface area contributed by atoms with Crippen molar-refractivity contribution in [2.75, 3.05) is 0 Å². The summed E-state index contributed by atoms with van der Waals surface area (Å²) in [4.78, 5) is 6.68. The Hall–Kier alpha value is -1.51. The van der Waals surface area contributed by atoms with Gasteiger partial charge < -0.3 is 0 Å². The largest absolute Gasteiger partial charge is 0.135 e. The lowest BCUT2D eigenvalue weighted by Crippen LogP contribution is -2.48. The van der Waals surface area contributed by atoms with E-state index in [-0.39, 0.29) is 0 Å². The molecular formula is C30H40SSi4. The Morgan fingerprint density at radius 3 is 1.20 bits per heavy atom. The van der Waals surface area contributed by atoms with E-state index in [9.17, 15) is 0 Å². The number of rotatable bonds is 4. The van der Waals surface area contributed by atoms with Crippen LogP contribution in [-0.4, -0.2) is 32.3 Å². The van der Waals surface area contributed by atoms with E-state index >= 15 is 0 Å². The van der Waals surface area contributed by atoms with Gasteiger partial charge in [-0.15, -0.1) is 11.3 Å². The van der Waals surface area contributed by atoms with Crippen LogP contribution in [0.3, 0.4) is 0 Å². The van der Waals surface area contributed by atoms with E-state index < -0.39 is 32.3 Å². The molecule has 0 saturated heterocycles. The molecule has 0 amide bonds. The normalized spacial score (nSPS) is 18.8. The van der Waals surface area contributed by atoms with Crippen LogP contribution in [0.5, 0.6) is 0 Å². The number of thiophene rings is 1. The smallest absolute Gasteiger partial charge is 0.105 e. The third-order valence-corrected chi connectivity index (χ3v) is 27.5. The molecule has 3 heterocycles. The molecule has 1 aromatic heterocycles. The quantitative estimate of drug-likeness (QED) is 0.292. The molecule has 2 aliphatic rings. The van der Waals surface area contributed by atoms with Crippen molar-refractivity contribution in [1.82, 2.24) is 0 Å². The van der Waals surface area contributed by atoms with Crippen molar-refractivity contribution in [3.8, 4) is 0 Å². The van der Waals surface area contributed by atoms with Gasteiger partial charge in [0.2, 0.25) is 0 Å². The van der Waals surface area contributed by atoms with Gasteiger partial charge in [-0.1, -0.05) is 124 Å². The van der Waals surface area contributed by atoms with E-state index in [2.05, 4.69) is 137 Å². The molecule has 35 heavy (non-hydrogen) atoms. The van der Waals surface area contributed by atoms with Crippen molar-refractivity contribution in [2.24, 2.45) is 0 Å². The SMILES string of the molecule is C[Si](C)(C)C1=C(c2ccc(C3=C([Si](C)(C)C)[Si](C)(C)c4ccccc43)s2)c2ccccc2[Si]1(C)C. The molecule has 3 aromatic rings. The van der Waals surface area contributed by atoms with Crippen molar-refractivity contribution >= 4 is 65.2 Å². The molecule has 0 spiro atoms. The van der Waals surface area contributed by atoms with E-state index in [1.165, 1.54) is 20.9 Å². The minimum atomic E-state index is -1.67. The number of fused-ring (bicyclic) bond motifs is 2. The molecular weight excluding hydrogens is 505 g/mol. The Bertz CT molecular complexity index is 1300. The van der Waals surface area contributed by atoms with Crippen LogP contribution in [0, 0.1) is 0 Å². The summed E-state index contributed by atoms with van der Waals surface area (Å²) >= 11 is 2.07. The second-order valence-corrected chi connectivity index (χ2v) is 34.2. The van der Waals surface area contributed by atoms with Crippen molar-refractivity contribution in [3.05, 3.63) is 91.2 Å². The van der Waals surface area contributed by atoms with Gasteiger partial charge in [-0.3, -0.25) is 0 Å². The van der Waals surface area contributed by atoms with Crippen LogP contribution in [-0.2, 0) is 0 Å². The summed E-state index contributed by atoms with van der Waals surface area (Å²) in [5, 5.41) is 3.29. The molecule has 0 radical (unpaired) electrons. The average molecular weight is 545 g/mol. The van der Waals surface area contributed by atoms with Crippen molar-refractivity contribution in [1.29, 1.82) is 0 Å². The van der Waals surface area contributed by atoms with Crippen LogP contribution in [0.25, 0.3) is 11.1 Å². The van der Waals surface area contributed by atoms with Crippen molar-refractivity contribution in [2.45, 2.75) is 65.5 Å². The fourth-order valence-electron chi connectivity index (χ4n) is 7.40. The predicted molar refractivity (Wildman–Crippen MR) is 170 cm³/mol. The Balaban J connectivity index is 1.78. The molecule has 0 bridgehead atoms. The highest BCUT2D eigenvalue weighted by Gasteiger charge is 2.47. The van der Waals surface area contributed by atoms with Crippen LogP contribution < -0.4 is 10.4 Å². The Kier molecular flexibility index (Phi) is 5.74. The second kappa shape index (κ2) is 7.99. The first-order valence-electron chi connectivity index (χ1n) is 13.0. The predicted octanol–water partition coefficient (Wildman–Crippen LogP) is 8.04. The molecule has 0 N–H and O–H groups in total. The minimum absolute atomic E-state index is 1.49. The van der Waals surface area contributed by atoms with Crippen molar-refractivity contribution < 1.29 is 0 Å². The highest BCUT2D eigenvalue weighted by molar-refractivity contribution is 7.19. The Morgan fingerprint density at radius 1 is 0.514 bits per heavy atom. The monoisotopic (exact) mass is 544 g/mol. The fraction of sp³-hybridized carbons (Fsp3) is 0.333. The first kappa shape index (κ1) is 25.2. The van der Waals surface area contributed by atoms with Crippen LogP contribution in [0.2, 0.25) is 65.5 Å². The number of benzene rings is 2. The van der Waals surface area contributed by atoms with Gasteiger partial charge in [-0.25, -0.2) is 0 Å². The van der Waals surface area contributed by atoms with Gasteiger partial charge in [0.25, 0.3) is 0 Å². The molecule has 5 rings (SSSR count). The van der Waals surface area contributed by atoms with Gasteiger partial charge in [-0.05, 0) is 44.8 Å². The van der Waals surface area contributed by atoms with E-state index in [0.29, 0.717) is 0 Å². The molecule has 0 fully saturated rings.